The number of aromatic nitrogens is 2. The van der Waals surface area contributed by atoms with Gasteiger partial charge in [0.1, 0.15) is 23.0 Å². The molecule has 22 heavy (non-hydrogen) atoms. The number of fused-ring (bicyclic) bond motifs is 1. The number of pyridine rings is 1. The lowest BCUT2D eigenvalue weighted by Gasteiger charge is -2.04. The molecule has 0 bridgehead atoms. The molecule has 0 aliphatic carbocycles. The Morgan fingerprint density at radius 3 is 2.64 bits per heavy atom. The minimum Gasteiger partial charge on any atom is -0.347 e. The normalized spacial score (nSPS) is 10.9. The van der Waals surface area contributed by atoms with Crippen molar-refractivity contribution in [1.82, 2.24) is 14.7 Å². The Morgan fingerprint density at radius 1 is 1.18 bits per heavy atom. The molecule has 0 atom stereocenters. The molecular weight excluding hydrogens is 312 g/mol. The van der Waals surface area contributed by atoms with E-state index < -0.39 is 17.5 Å². The van der Waals surface area contributed by atoms with Crippen LogP contribution in [0.15, 0.2) is 42.7 Å². The number of rotatable bonds is 3. The summed E-state index contributed by atoms with van der Waals surface area (Å²) in [6, 6.07) is 6.44. The van der Waals surface area contributed by atoms with Crippen molar-refractivity contribution in [3.63, 3.8) is 0 Å². The van der Waals surface area contributed by atoms with Crippen LogP contribution >= 0.6 is 11.6 Å². The molecule has 2 heterocycles. The number of carbonyl (C=O) groups is 1. The van der Waals surface area contributed by atoms with Crippen molar-refractivity contribution in [2.75, 3.05) is 0 Å². The fourth-order valence-electron chi connectivity index (χ4n) is 2.06. The number of halogens is 3. The first-order valence-corrected chi connectivity index (χ1v) is 6.76. The Morgan fingerprint density at radius 2 is 1.91 bits per heavy atom. The molecule has 0 unspecified atom stereocenters. The number of nitrogens with zero attached hydrogens (tertiary/aromatic N) is 2. The van der Waals surface area contributed by atoms with Crippen molar-refractivity contribution in [3.05, 3.63) is 70.6 Å². The lowest BCUT2D eigenvalue weighted by molar-refractivity contribution is 0.0946. The molecule has 0 saturated heterocycles. The van der Waals surface area contributed by atoms with Crippen molar-refractivity contribution in [3.8, 4) is 0 Å². The third kappa shape index (κ3) is 3.07. The number of hydrogen-bond donors (Lipinski definition) is 1. The quantitative estimate of drug-likeness (QED) is 0.805. The number of nitrogens with one attached hydrogen (secondary N) is 1. The first-order chi connectivity index (χ1) is 10.5. The van der Waals surface area contributed by atoms with Gasteiger partial charge in [0, 0.05) is 25.0 Å². The monoisotopic (exact) mass is 321 g/mol. The molecule has 0 aliphatic rings. The molecule has 3 rings (SSSR count). The van der Waals surface area contributed by atoms with E-state index >= 15 is 0 Å². The third-order valence-corrected chi connectivity index (χ3v) is 3.25. The standard InChI is InChI=1S/C15H10ClF2N3O/c16-10-1-2-14-20-13(8-21(14)7-10)15(22)19-6-9-3-11(17)5-12(18)4-9/h1-5,7-8H,6H2,(H,19,22). The number of imidazole rings is 1. The van der Waals surface area contributed by atoms with Gasteiger partial charge < -0.3 is 9.72 Å². The van der Waals surface area contributed by atoms with Crippen molar-refractivity contribution in [2.45, 2.75) is 6.54 Å². The van der Waals surface area contributed by atoms with Crippen molar-refractivity contribution in [1.29, 1.82) is 0 Å². The third-order valence-electron chi connectivity index (χ3n) is 3.02. The van der Waals surface area contributed by atoms with Gasteiger partial charge in [0.15, 0.2) is 0 Å². The Labute approximate surface area is 129 Å². The number of hydrogen-bond acceptors (Lipinski definition) is 2. The van der Waals surface area contributed by atoms with E-state index in [0.29, 0.717) is 16.2 Å². The average molecular weight is 322 g/mol. The van der Waals surface area contributed by atoms with Gasteiger partial charge in [0.25, 0.3) is 5.91 Å². The maximum absolute atomic E-state index is 13.1. The summed E-state index contributed by atoms with van der Waals surface area (Å²) in [7, 11) is 0. The van der Waals surface area contributed by atoms with E-state index in [1.165, 1.54) is 6.20 Å². The summed E-state index contributed by atoms with van der Waals surface area (Å²) in [4.78, 5) is 16.2. The first kappa shape index (κ1) is 14.5. The SMILES string of the molecule is O=C(NCc1cc(F)cc(F)c1)c1cn2cc(Cl)ccc2n1. The van der Waals surface area contributed by atoms with Crippen molar-refractivity contribution in [2.24, 2.45) is 0 Å². The fourth-order valence-corrected chi connectivity index (χ4v) is 2.23. The Hall–Kier alpha value is -2.47. The molecule has 3 aromatic rings. The predicted octanol–water partition coefficient (Wildman–Crippen LogP) is 3.20. The largest absolute Gasteiger partial charge is 0.347 e. The lowest BCUT2D eigenvalue weighted by Crippen LogP contribution is -2.23. The highest BCUT2D eigenvalue weighted by molar-refractivity contribution is 6.30. The van der Waals surface area contributed by atoms with Gasteiger partial charge in [-0.05, 0) is 29.8 Å². The number of carbonyl (C=O) groups excluding carboxylic acids is 1. The Bertz CT molecular complexity index is 843. The summed E-state index contributed by atoms with van der Waals surface area (Å²) in [6.07, 6.45) is 3.16. The van der Waals surface area contributed by atoms with E-state index in [1.54, 1.807) is 22.7 Å². The highest BCUT2D eigenvalue weighted by Gasteiger charge is 2.11. The molecule has 0 aliphatic heterocycles. The fraction of sp³-hybridized carbons (Fsp3) is 0.0667. The topological polar surface area (TPSA) is 46.4 Å². The molecule has 0 radical (unpaired) electrons. The molecule has 0 saturated carbocycles. The van der Waals surface area contributed by atoms with Gasteiger partial charge in [0.05, 0.1) is 5.02 Å². The Balaban J connectivity index is 1.75. The maximum atomic E-state index is 13.1. The van der Waals surface area contributed by atoms with Gasteiger partial charge in [-0.15, -0.1) is 0 Å². The van der Waals surface area contributed by atoms with Crippen LogP contribution in [0.5, 0.6) is 0 Å². The van der Waals surface area contributed by atoms with E-state index in [4.69, 9.17) is 11.6 Å². The van der Waals surface area contributed by atoms with Gasteiger partial charge in [-0.2, -0.15) is 0 Å². The predicted molar refractivity (Wildman–Crippen MR) is 77.7 cm³/mol. The first-order valence-electron chi connectivity index (χ1n) is 6.39. The summed E-state index contributed by atoms with van der Waals surface area (Å²) in [5.74, 6) is -1.82. The second kappa shape index (κ2) is 5.73. The molecule has 1 aromatic carbocycles. The molecule has 1 amide bonds. The second-order valence-electron chi connectivity index (χ2n) is 4.70. The van der Waals surface area contributed by atoms with Crippen LogP contribution in [-0.2, 0) is 6.54 Å². The summed E-state index contributed by atoms with van der Waals surface area (Å²) in [5, 5.41) is 3.08. The molecule has 7 heteroatoms. The molecule has 2 aromatic heterocycles. The number of amides is 1. The molecule has 112 valence electrons. The van der Waals surface area contributed by atoms with E-state index in [-0.39, 0.29) is 12.2 Å². The summed E-state index contributed by atoms with van der Waals surface area (Å²) in [5.41, 5.74) is 1.10. The van der Waals surface area contributed by atoms with Gasteiger partial charge in [-0.1, -0.05) is 11.6 Å². The van der Waals surface area contributed by atoms with Gasteiger partial charge in [-0.25, -0.2) is 13.8 Å². The minimum absolute atomic E-state index is 0.00212. The zero-order valence-corrected chi connectivity index (χ0v) is 11.9. The van der Waals surface area contributed by atoms with Gasteiger partial charge >= 0.3 is 0 Å². The minimum atomic E-state index is -0.688. The van der Waals surface area contributed by atoms with Crippen LogP contribution in [0.4, 0.5) is 8.78 Å². The molecule has 1 N–H and O–H groups in total. The van der Waals surface area contributed by atoms with Crippen molar-refractivity contribution < 1.29 is 13.6 Å². The van der Waals surface area contributed by atoms with E-state index in [2.05, 4.69) is 10.3 Å². The highest BCUT2D eigenvalue weighted by atomic mass is 35.5. The van der Waals surface area contributed by atoms with Crippen LogP contribution in [-0.4, -0.2) is 15.3 Å². The van der Waals surface area contributed by atoms with Crippen LogP contribution in [0.1, 0.15) is 16.1 Å². The zero-order valence-electron chi connectivity index (χ0n) is 11.2. The smallest absolute Gasteiger partial charge is 0.271 e. The van der Waals surface area contributed by atoms with Crippen LogP contribution in [0.3, 0.4) is 0 Å². The van der Waals surface area contributed by atoms with Crippen LogP contribution < -0.4 is 5.32 Å². The van der Waals surface area contributed by atoms with E-state index in [1.807, 2.05) is 0 Å². The summed E-state index contributed by atoms with van der Waals surface area (Å²) in [6.45, 7) is 0.00212. The lowest BCUT2D eigenvalue weighted by atomic mass is 10.2. The second-order valence-corrected chi connectivity index (χ2v) is 5.14. The molecule has 0 spiro atoms. The van der Waals surface area contributed by atoms with Gasteiger partial charge in [-0.3, -0.25) is 4.79 Å². The van der Waals surface area contributed by atoms with E-state index in [9.17, 15) is 13.6 Å². The molecule has 0 fully saturated rings. The van der Waals surface area contributed by atoms with Gasteiger partial charge in [0.2, 0.25) is 0 Å². The zero-order chi connectivity index (χ0) is 15.7. The highest BCUT2D eigenvalue weighted by Crippen LogP contribution is 2.12. The van der Waals surface area contributed by atoms with Crippen molar-refractivity contribution >= 4 is 23.2 Å². The maximum Gasteiger partial charge on any atom is 0.271 e. The Kier molecular flexibility index (Phi) is 3.77. The molecule has 4 nitrogen and oxygen atoms in total. The van der Waals surface area contributed by atoms with E-state index in [0.717, 1.165) is 18.2 Å². The van der Waals surface area contributed by atoms with Crippen LogP contribution in [0.2, 0.25) is 5.02 Å². The summed E-state index contributed by atoms with van der Waals surface area (Å²) < 4.78 is 27.8. The average Bonchev–Trinajstić information content (AvgIpc) is 2.86. The molecular formula is C15H10ClF2N3O. The number of benzene rings is 1. The van der Waals surface area contributed by atoms with Crippen LogP contribution in [0, 0.1) is 11.6 Å². The van der Waals surface area contributed by atoms with Crippen LogP contribution in [0.25, 0.3) is 5.65 Å². The summed E-state index contributed by atoms with van der Waals surface area (Å²) >= 11 is 5.86.